The van der Waals surface area contributed by atoms with Crippen molar-refractivity contribution in [3.63, 3.8) is 0 Å². The summed E-state index contributed by atoms with van der Waals surface area (Å²) < 4.78 is 0. The lowest BCUT2D eigenvalue weighted by atomic mass is 10.0. The number of hydrogen-bond donors (Lipinski definition) is 3. The van der Waals surface area contributed by atoms with Gasteiger partial charge in [0.15, 0.2) is 5.92 Å². The molecule has 0 aliphatic carbocycles. The minimum atomic E-state index is -1.24. The van der Waals surface area contributed by atoms with Gasteiger partial charge in [0, 0.05) is 0 Å². The van der Waals surface area contributed by atoms with Crippen LogP contribution in [-0.4, -0.2) is 27.9 Å². The van der Waals surface area contributed by atoms with E-state index in [0.717, 1.165) is 25.0 Å². The van der Waals surface area contributed by atoms with Crippen LogP contribution < -0.4 is 0 Å². The molecule has 0 aliphatic heterocycles. The summed E-state index contributed by atoms with van der Waals surface area (Å²) in [5.41, 5.74) is 0. The van der Waals surface area contributed by atoms with Crippen LogP contribution in [0.4, 0.5) is 0 Å². The minimum absolute atomic E-state index is 0.219. The molecule has 14 heavy (non-hydrogen) atoms. The first kappa shape index (κ1) is 13.3. The first-order chi connectivity index (χ1) is 6.59. The predicted molar refractivity (Wildman–Crippen MR) is 55.7 cm³/mol. The molecule has 0 aromatic carbocycles. The van der Waals surface area contributed by atoms with Gasteiger partial charge < -0.3 is 10.2 Å². The molecule has 5 heteroatoms. The van der Waals surface area contributed by atoms with Crippen molar-refractivity contribution in [2.75, 3.05) is 5.75 Å². The maximum atomic E-state index is 10.5. The molecular formula is C9H16O4S. The quantitative estimate of drug-likeness (QED) is 0.330. The highest BCUT2D eigenvalue weighted by atomic mass is 32.1. The topological polar surface area (TPSA) is 74.6 Å². The molecule has 0 aromatic heterocycles. The van der Waals surface area contributed by atoms with Gasteiger partial charge in [0.25, 0.3) is 0 Å². The highest BCUT2D eigenvalue weighted by Gasteiger charge is 2.24. The van der Waals surface area contributed by atoms with E-state index >= 15 is 0 Å². The van der Waals surface area contributed by atoms with Gasteiger partial charge in [-0.05, 0) is 18.6 Å². The first-order valence-corrected chi connectivity index (χ1v) is 5.29. The Morgan fingerprint density at radius 2 is 1.50 bits per heavy atom. The maximum absolute atomic E-state index is 10.5. The van der Waals surface area contributed by atoms with E-state index in [4.69, 9.17) is 10.2 Å². The Balaban J connectivity index is 3.62. The van der Waals surface area contributed by atoms with Crippen molar-refractivity contribution >= 4 is 24.6 Å². The van der Waals surface area contributed by atoms with Gasteiger partial charge in [-0.3, -0.25) is 9.59 Å². The smallest absolute Gasteiger partial charge is 0.317 e. The fourth-order valence-corrected chi connectivity index (χ4v) is 1.39. The summed E-state index contributed by atoms with van der Waals surface area (Å²) >= 11 is 4.04. The van der Waals surface area contributed by atoms with Gasteiger partial charge in [0.1, 0.15) is 0 Å². The molecule has 0 saturated carbocycles. The van der Waals surface area contributed by atoms with Crippen molar-refractivity contribution in [3.05, 3.63) is 0 Å². The summed E-state index contributed by atoms with van der Waals surface area (Å²) in [5.74, 6) is -2.91. The van der Waals surface area contributed by atoms with Crippen LogP contribution in [-0.2, 0) is 9.59 Å². The maximum Gasteiger partial charge on any atom is 0.317 e. The van der Waals surface area contributed by atoms with E-state index in [1.54, 1.807) is 0 Å². The number of rotatable bonds is 8. The summed E-state index contributed by atoms with van der Waals surface area (Å²) in [6, 6.07) is 0. The van der Waals surface area contributed by atoms with E-state index < -0.39 is 17.9 Å². The van der Waals surface area contributed by atoms with Crippen LogP contribution in [0.25, 0.3) is 0 Å². The van der Waals surface area contributed by atoms with Crippen LogP contribution in [0.15, 0.2) is 0 Å². The average Bonchev–Trinajstić information content (AvgIpc) is 2.09. The molecule has 0 radical (unpaired) electrons. The molecule has 0 rings (SSSR count). The largest absolute Gasteiger partial charge is 0.481 e. The Kier molecular flexibility index (Phi) is 7.28. The van der Waals surface area contributed by atoms with E-state index in [2.05, 4.69) is 12.6 Å². The van der Waals surface area contributed by atoms with Crippen molar-refractivity contribution in [1.29, 1.82) is 0 Å². The molecule has 0 bridgehead atoms. The lowest BCUT2D eigenvalue weighted by Gasteiger charge is -2.06. The van der Waals surface area contributed by atoms with Gasteiger partial charge in [-0.2, -0.15) is 12.6 Å². The van der Waals surface area contributed by atoms with Crippen molar-refractivity contribution in [3.8, 4) is 0 Å². The number of carboxylic acid groups (broad SMARTS) is 2. The highest BCUT2D eigenvalue weighted by Crippen LogP contribution is 2.11. The fourth-order valence-electron chi connectivity index (χ4n) is 1.17. The molecule has 0 aromatic rings. The first-order valence-electron chi connectivity index (χ1n) is 4.66. The van der Waals surface area contributed by atoms with Gasteiger partial charge in [-0.1, -0.05) is 19.3 Å². The Morgan fingerprint density at radius 3 is 1.93 bits per heavy atom. The molecule has 82 valence electrons. The third-order valence-corrected chi connectivity index (χ3v) is 2.31. The fraction of sp³-hybridized carbons (Fsp3) is 0.778. The van der Waals surface area contributed by atoms with E-state index in [1.807, 2.05) is 0 Å². The number of carboxylic acids is 2. The molecule has 0 heterocycles. The van der Waals surface area contributed by atoms with Crippen molar-refractivity contribution in [2.24, 2.45) is 5.92 Å². The van der Waals surface area contributed by atoms with E-state index in [-0.39, 0.29) is 6.42 Å². The zero-order valence-electron chi connectivity index (χ0n) is 7.98. The summed E-state index contributed by atoms with van der Waals surface area (Å²) in [6.07, 6.45) is 3.72. The second-order valence-corrected chi connectivity index (χ2v) is 3.60. The van der Waals surface area contributed by atoms with Gasteiger partial charge in [0.2, 0.25) is 0 Å². The Labute approximate surface area is 88.7 Å². The minimum Gasteiger partial charge on any atom is -0.481 e. The Bertz CT molecular complexity index is 179. The molecule has 0 spiro atoms. The van der Waals surface area contributed by atoms with E-state index in [9.17, 15) is 9.59 Å². The number of carbonyl (C=O) groups is 2. The summed E-state index contributed by atoms with van der Waals surface area (Å²) in [7, 11) is 0. The molecule has 0 atom stereocenters. The zero-order chi connectivity index (χ0) is 11.0. The lowest BCUT2D eigenvalue weighted by molar-refractivity contribution is -0.154. The summed E-state index contributed by atoms with van der Waals surface area (Å²) in [4.78, 5) is 20.9. The Hall–Kier alpha value is -0.710. The number of unbranched alkanes of at least 4 members (excludes halogenated alkanes) is 3. The lowest BCUT2D eigenvalue weighted by Crippen LogP contribution is -2.23. The molecule has 0 unspecified atom stereocenters. The van der Waals surface area contributed by atoms with Crippen LogP contribution in [0.2, 0.25) is 0 Å². The van der Waals surface area contributed by atoms with Crippen LogP contribution in [0.1, 0.15) is 32.1 Å². The molecule has 0 amide bonds. The molecule has 0 aliphatic rings. The SMILES string of the molecule is O=C(O)C(CCCCCCS)C(=O)O. The Morgan fingerprint density at radius 1 is 1.00 bits per heavy atom. The second kappa shape index (κ2) is 7.67. The molecule has 0 fully saturated rings. The molecular weight excluding hydrogens is 204 g/mol. The average molecular weight is 220 g/mol. The molecule has 0 saturated heterocycles. The number of thiol groups is 1. The van der Waals surface area contributed by atoms with Crippen molar-refractivity contribution in [1.82, 2.24) is 0 Å². The van der Waals surface area contributed by atoms with Crippen LogP contribution in [0.5, 0.6) is 0 Å². The molecule has 2 N–H and O–H groups in total. The number of aliphatic carboxylic acids is 2. The third kappa shape index (κ3) is 5.85. The van der Waals surface area contributed by atoms with Gasteiger partial charge in [0.05, 0.1) is 0 Å². The number of hydrogen-bond acceptors (Lipinski definition) is 3. The monoisotopic (exact) mass is 220 g/mol. The summed E-state index contributed by atoms with van der Waals surface area (Å²) in [5, 5.41) is 17.1. The van der Waals surface area contributed by atoms with Gasteiger partial charge in [-0.25, -0.2) is 0 Å². The normalized spacial score (nSPS) is 10.4. The van der Waals surface area contributed by atoms with Crippen LogP contribution in [0, 0.1) is 5.92 Å². The van der Waals surface area contributed by atoms with Crippen molar-refractivity contribution in [2.45, 2.75) is 32.1 Å². The second-order valence-electron chi connectivity index (χ2n) is 3.16. The molecule has 4 nitrogen and oxygen atoms in total. The zero-order valence-corrected chi connectivity index (χ0v) is 8.87. The third-order valence-electron chi connectivity index (χ3n) is 2.00. The van der Waals surface area contributed by atoms with Crippen LogP contribution >= 0.6 is 12.6 Å². The van der Waals surface area contributed by atoms with Crippen molar-refractivity contribution < 1.29 is 19.8 Å². The predicted octanol–water partition coefficient (Wildman–Crippen LogP) is 1.65. The summed E-state index contributed by atoms with van der Waals surface area (Å²) in [6.45, 7) is 0. The highest BCUT2D eigenvalue weighted by molar-refractivity contribution is 7.80. The van der Waals surface area contributed by atoms with E-state index in [1.165, 1.54) is 0 Å². The van der Waals surface area contributed by atoms with Gasteiger partial charge in [-0.15, -0.1) is 0 Å². The van der Waals surface area contributed by atoms with E-state index in [0.29, 0.717) is 6.42 Å². The van der Waals surface area contributed by atoms with Gasteiger partial charge >= 0.3 is 11.9 Å². The van der Waals surface area contributed by atoms with Crippen LogP contribution in [0.3, 0.4) is 0 Å². The standard InChI is InChI=1S/C9H16O4S/c10-8(11)7(9(12)13)5-3-1-2-4-6-14/h7,14H,1-6H2,(H,10,11)(H,12,13).